The smallest absolute Gasteiger partial charge is 0.230 e. The summed E-state index contributed by atoms with van der Waals surface area (Å²) in [6, 6.07) is 8.29. The predicted molar refractivity (Wildman–Crippen MR) is 66.0 cm³/mol. The Kier molecular flexibility index (Phi) is 2.44. The minimum atomic E-state index is -0.234. The van der Waals surface area contributed by atoms with Gasteiger partial charge in [-0.1, -0.05) is 30.7 Å². The third-order valence-electron chi connectivity index (χ3n) is 4.28. The molecular weight excluding hydrogens is 212 g/mol. The first-order chi connectivity index (χ1) is 8.25. The van der Waals surface area contributed by atoms with Crippen LogP contribution >= 0.6 is 0 Å². The average Bonchev–Trinajstić information content (AvgIpc) is 2.71. The first-order valence-electron chi connectivity index (χ1n) is 6.31. The van der Waals surface area contributed by atoms with E-state index in [1.165, 1.54) is 11.1 Å². The number of carbonyl (C=O) groups excluding carboxylic acids is 1. The fourth-order valence-electron chi connectivity index (χ4n) is 2.92. The maximum absolute atomic E-state index is 12.5. The van der Waals surface area contributed by atoms with Crippen LogP contribution in [0.25, 0.3) is 0 Å². The van der Waals surface area contributed by atoms with Crippen molar-refractivity contribution in [3.63, 3.8) is 0 Å². The third-order valence-corrected chi connectivity index (χ3v) is 4.28. The van der Waals surface area contributed by atoms with Crippen molar-refractivity contribution in [3.05, 3.63) is 35.4 Å². The first kappa shape index (κ1) is 10.8. The first-order valence-corrected chi connectivity index (χ1v) is 6.31. The van der Waals surface area contributed by atoms with Crippen LogP contribution in [0.15, 0.2) is 24.3 Å². The largest absolute Gasteiger partial charge is 0.333 e. The molecule has 0 bridgehead atoms. The molecule has 1 fully saturated rings. The monoisotopic (exact) mass is 230 g/mol. The van der Waals surface area contributed by atoms with Gasteiger partial charge in [0.25, 0.3) is 0 Å². The fraction of sp³-hybridized carbons (Fsp3) is 0.500. The van der Waals surface area contributed by atoms with Crippen molar-refractivity contribution in [1.29, 1.82) is 0 Å². The molecule has 3 rings (SSSR count). The molecule has 1 heterocycles. The zero-order valence-electron chi connectivity index (χ0n) is 9.98. The van der Waals surface area contributed by atoms with Crippen molar-refractivity contribution in [2.24, 2.45) is 11.1 Å². The molecule has 1 aliphatic heterocycles. The molecule has 2 N–H and O–H groups in total. The number of nitrogens with two attached hydrogens (primary N) is 1. The molecule has 0 saturated heterocycles. The maximum Gasteiger partial charge on any atom is 0.230 e. The molecule has 1 aromatic carbocycles. The summed E-state index contributed by atoms with van der Waals surface area (Å²) >= 11 is 0. The number of fused-ring (bicyclic) bond motifs is 1. The summed E-state index contributed by atoms with van der Waals surface area (Å²) in [5.41, 5.74) is 8.13. The molecule has 2 aliphatic rings. The lowest BCUT2D eigenvalue weighted by Crippen LogP contribution is -2.50. The second-order valence-electron chi connectivity index (χ2n) is 5.27. The van der Waals surface area contributed by atoms with Gasteiger partial charge in [-0.3, -0.25) is 4.79 Å². The van der Waals surface area contributed by atoms with E-state index < -0.39 is 0 Å². The van der Waals surface area contributed by atoms with Crippen molar-refractivity contribution < 1.29 is 4.79 Å². The maximum atomic E-state index is 12.5. The van der Waals surface area contributed by atoms with E-state index in [0.29, 0.717) is 6.54 Å². The van der Waals surface area contributed by atoms with E-state index in [4.69, 9.17) is 5.73 Å². The van der Waals surface area contributed by atoms with E-state index in [-0.39, 0.29) is 11.3 Å². The Morgan fingerprint density at radius 2 is 1.82 bits per heavy atom. The van der Waals surface area contributed by atoms with Gasteiger partial charge in [0, 0.05) is 19.6 Å². The highest BCUT2D eigenvalue weighted by atomic mass is 16.2. The van der Waals surface area contributed by atoms with Crippen LogP contribution in [0.3, 0.4) is 0 Å². The molecule has 0 atom stereocenters. The highest BCUT2D eigenvalue weighted by Crippen LogP contribution is 2.42. The summed E-state index contributed by atoms with van der Waals surface area (Å²) < 4.78 is 0. The van der Waals surface area contributed by atoms with Gasteiger partial charge in [-0.25, -0.2) is 0 Å². The van der Waals surface area contributed by atoms with Gasteiger partial charge < -0.3 is 10.6 Å². The Balaban J connectivity index is 1.78. The topological polar surface area (TPSA) is 46.3 Å². The summed E-state index contributed by atoms with van der Waals surface area (Å²) in [6.07, 6.45) is 3.08. The van der Waals surface area contributed by atoms with Gasteiger partial charge in [0.2, 0.25) is 5.91 Å². The quantitative estimate of drug-likeness (QED) is 0.840. The van der Waals surface area contributed by atoms with E-state index in [9.17, 15) is 4.79 Å². The van der Waals surface area contributed by atoms with Crippen LogP contribution in [0.2, 0.25) is 0 Å². The van der Waals surface area contributed by atoms with Crippen molar-refractivity contribution >= 4 is 5.91 Å². The number of amides is 1. The van der Waals surface area contributed by atoms with Crippen LogP contribution in [-0.4, -0.2) is 17.4 Å². The van der Waals surface area contributed by atoms with Crippen LogP contribution in [0.5, 0.6) is 0 Å². The molecular formula is C14H18N2O. The van der Waals surface area contributed by atoms with Gasteiger partial charge in [-0.15, -0.1) is 0 Å². The van der Waals surface area contributed by atoms with Crippen LogP contribution in [0, 0.1) is 5.41 Å². The molecule has 0 radical (unpaired) electrons. The van der Waals surface area contributed by atoms with Crippen LogP contribution < -0.4 is 5.73 Å². The summed E-state index contributed by atoms with van der Waals surface area (Å²) in [4.78, 5) is 14.5. The Labute approximate surface area is 102 Å². The Morgan fingerprint density at radius 3 is 2.24 bits per heavy atom. The Hall–Kier alpha value is -1.35. The van der Waals surface area contributed by atoms with Gasteiger partial charge in [-0.05, 0) is 24.0 Å². The molecule has 1 aliphatic carbocycles. The highest BCUT2D eigenvalue weighted by molar-refractivity contribution is 5.84. The molecule has 0 aromatic heterocycles. The van der Waals surface area contributed by atoms with Gasteiger partial charge in [0.05, 0.1) is 5.41 Å². The van der Waals surface area contributed by atoms with E-state index >= 15 is 0 Å². The second kappa shape index (κ2) is 3.84. The minimum absolute atomic E-state index is 0.234. The Morgan fingerprint density at radius 1 is 1.24 bits per heavy atom. The molecule has 0 spiro atoms. The SMILES string of the molecule is NCC1(C(=O)N2Cc3ccccc3C2)CCC1. The molecule has 3 nitrogen and oxygen atoms in total. The lowest BCUT2D eigenvalue weighted by Gasteiger charge is -2.41. The highest BCUT2D eigenvalue weighted by Gasteiger charge is 2.45. The number of hydrogen-bond acceptors (Lipinski definition) is 2. The van der Waals surface area contributed by atoms with Gasteiger partial charge >= 0.3 is 0 Å². The van der Waals surface area contributed by atoms with Gasteiger partial charge in [0.1, 0.15) is 0 Å². The number of nitrogens with zero attached hydrogens (tertiary/aromatic N) is 1. The van der Waals surface area contributed by atoms with E-state index in [1.54, 1.807) is 0 Å². The average molecular weight is 230 g/mol. The molecule has 17 heavy (non-hydrogen) atoms. The number of rotatable bonds is 2. The normalized spacial score (nSPS) is 20.9. The lowest BCUT2D eigenvalue weighted by molar-refractivity contribution is -0.147. The Bertz CT molecular complexity index is 421. The second-order valence-corrected chi connectivity index (χ2v) is 5.27. The van der Waals surface area contributed by atoms with Crippen molar-refractivity contribution in [2.45, 2.75) is 32.4 Å². The van der Waals surface area contributed by atoms with Crippen molar-refractivity contribution in [2.75, 3.05) is 6.54 Å². The van der Waals surface area contributed by atoms with Gasteiger partial charge in [0.15, 0.2) is 0 Å². The van der Waals surface area contributed by atoms with E-state index in [1.807, 2.05) is 17.0 Å². The van der Waals surface area contributed by atoms with Crippen molar-refractivity contribution in [1.82, 2.24) is 4.90 Å². The number of hydrogen-bond donors (Lipinski definition) is 1. The standard InChI is InChI=1S/C14H18N2O/c15-10-14(6-3-7-14)13(17)16-8-11-4-1-2-5-12(11)9-16/h1-2,4-5H,3,6-10,15H2. The minimum Gasteiger partial charge on any atom is -0.333 e. The third kappa shape index (κ3) is 1.57. The van der Waals surface area contributed by atoms with Crippen LogP contribution in [0.4, 0.5) is 0 Å². The van der Waals surface area contributed by atoms with Crippen LogP contribution in [-0.2, 0) is 17.9 Å². The van der Waals surface area contributed by atoms with Crippen molar-refractivity contribution in [3.8, 4) is 0 Å². The fourth-order valence-corrected chi connectivity index (χ4v) is 2.92. The molecule has 1 amide bonds. The lowest BCUT2D eigenvalue weighted by atomic mass is 9.68. The molecule has 1 saturated carbocycles. The number of carbonyl (C=O) groups is 1. The van der Waals surface area contributed by atoms with E-state index in [0.717, 1.165) is 32.4 Å². The zero-order chi connectivity index (χ0) is 11.9. The zero-order valence-corrected chi connectivity index (χ0v) is 9.98. The van der Waals surface area contributed by atoms with E-state index in [2.05, 4.69) is 12.1 Å². The predicted octanol–water partition coefficient (Wildman–Crippen LogP) is 1.66. The molecule has 3 heteroatoms. The molecule has 1 aromatic rings. The number of benzene rings is 1. The summed E-state index contributed by atoms with van der Waals surface area (Å²) in [6.45, 7) is 2.02. The van der Waals surface area contributed by atoms with Crippen LogP contribution in [0.1, 0.15) is 30.4 Å². The summed E-state index contributed by atoms with van der Waals surface area (Å²) in [5.74, 6) is 0.266. The summed E-state index contributed by atoms with van der Waals surface area (Å²) in [5, 5.41) is 0. The summed E-state index contributed by atoms with van der Waals surface area (Å²) in [7, 11) is 0. The van der Waals surface area contributed by atoms with Gasteiger partial charge in [-0.2, -0.15) is 0 Å². The molecule has 90 valence electrons. The molecule has 0 unspecified atom stereocenters.